The lowest BCUT2D eigenvalue weighted by molar-refractivity contribution is -0.122. The number of carbonyl (C=O) groups is 1. The number of rotatable bonds is 2. The lowest BCUT2D eigenvalue weighted by Crippen LogP contribution is -2.46. The maximum absolute atomic E-state index is 13.6. The quantitative estimate of drug-likeness (QED) is 0.921. The fraction of sp³-hybridized carbons (Fsp3) is 0.400. The Kier molecular flexibility index (Phi) is 3.64. The van der Waals surface area contributed by atoms with Crippen LogP contribution in [0, 0.1) is 17.6 Å². The van der Waals surface area contributed by atoms with E-state index >= 15 is 0 Å². The van der Waals surface area contributed by atoms with Gasteiger partial charge in [0.05, 0.1) is 11.4 Å². The maximum atomic E-state index is 13.6. The van der Waals surface area contributed by atoms with Gasteiger partial charge in [-0.2, -0.15) is 0 Å². The molecule has 116 valence electrons. The molecule has 5 nitrogen and oxygen atoms in total. The van der Waals surface area contributed by atoms with E-state index in [9.17, 15) is 13.6 Å². The summed E-state index contributed by atoms with van der Waals surface area (Å²) in [7, 11) is 0. The van der Waals surface area contributed by atoms with Crippen molar-refractivity contribution in [1.82, 2.24) is 9.97 Å². The molecule has 2 aromatic rings. The second-order valence-electron chi connectivity index (χ2n) is 5.66. The molecule has 3 rings (SSSR count). The molecular weight excluding hydrogens is 290 g/mol. The molecule has 0 radical (unpaired) electrons. The van der Waals surface area contributed by atoms with Crippen LogP contribution in [0.4, 0.5) is 14.6 Å². The van der Waals surface area contributed by atoms with Crippen molar-refractivity contribution in [3.63, 3.8) is 0 Å². The summed E-state index contributed by atoms with van der Waals surface area (Å²) in [6.45, 7) is 2.42. The molecule has 7 heteroatoms. The molecule has 0 bridgehead atoms. The van der Waals surface area contributed by atoms with Crippen molar-refractivity contribution in [2.24, 2.45) is 11.7 Å². The van der Waals surface area contributed by atoms with E-state index in [0.717, 1.165) is 25.0 Å². The van der Waals surface area contributed by atoms with Crippen molar-refractivity contribution >= 4 is 22.6 Å². The standard InChI is InChI=1S/C15H16F2N4O/c1-8-2-3-9(14(18)22)6-21(8)15-10-4-11(16)12(17)5-13(10)19-7-20-15/h4-5,7-9H,2-3,6H2,1H3,(H2,18,22)/t8-,9-/m0/s1. The van der Waals surface area contributed by atoms with Crippen LogP contribution in [-0.2, 0) is 4.79 Å². The molecule has 1 aromatic carbocycles. The number of nitrogens with zero attached hydrogens (tertiary/aromatic N) is 3. The Morgan fingerprint density at radius 1 is 1.27 bits per heavy atom. The second-order valence-corrected chi connectivity index (χ2v) is 5.66. The van der Waals surface area contributed by atoms with Crippen LogP contribution in [0.3, 0.4) is 0 Å². The van der Waals surface area contributed by atoms with Crippen LogP contribution < -0.4 is 10.6 Å². The first kappa shape index (κ1) is 14.6. The molecule has 0 saturated carbocycles. The second kappa shape index (κ2) is 5.47. The molecule has 0 unspecified atom stereocenters. The number of nitrogens with two attached hydrogens (primary N) is 1. The van der Waals surface area contributed by atoms with Crippen molar-refractivity contribution in [3.05, 3.63) is 30.1 Å². The van der Waals surface area contributed by atoms with E-state index in [0.29, 0.717) is 23.3 Å². The lowest BCUT2D eigenvalue weighted by Gasteiger charge is -2.38. The Morgan fingerprint density at radius 3 is 2.73 bits per heavy atom. The third kappa shape index (κ3) is 2.47. The molecule has 1 fully saturated rings. The van der Waals surface area contributed by atoms with Crippen LogP contribution in [0.25, 0.3) is 10.9 Å². The minimum Gasteiger partial charge on any atom is -0.369 e. The van der Waals surface area contributed by atoms with Gasteiger partial charge in [0.1, 0.15) is 12.1 Å². The summed E-state index contributed by atoms with van der Waals surface area (Å²) in [6.07, 6.45) is 2.82. The van der Waals surface area contributed by atoms with Crippen LogP contribution in [0.2, 0.25) is 0 Å². The normalized spacial score (nSPS) is 22.0. The molecule has 2 atom stereocenters. The predicted octanol–water partition coefficient (Wildman–Crippen LogP) is 2.00. The zero-order chi connectivity index (χ0) is 15.9. The number of carbonyl (C=O) groups excluding carboxylic acids is 1. The molecule has 1 aliphatic heterocycles. The SMILES string of the molecule is C[C@H]1CC[C@H](C(N)=O)CN1c1ncnc2cc(F)c(F)cc12. The third-order valence-electron chi connectivity index (χ3n) is 4.21. The molecule has 1 aliphatic rings. The van der Waals surface area contributed by atoms with Crippen molar-refractivity contribution in [2.75, 3.05) is 11.4 Å². The van der Waals surface area contributed by atoms with Gasteiger partial charge >= 0.3 is 0 Å². The Hall–Kier alpha value is -2.31. The van der Waals surface area contributed by atoms with Gasteiger partial charge in [0.25, 0.3) is 0 Å². The number of benzene rings is 1. The average molecular weight is 306 g/mol. The summed E-state index contributed by atoms with van der Waals surface area (Å²) in [5, 5.41) is 0.429. The largest absolute Gasteiger partial charge is 0.369 e. The van der Waals surface area contributed by atoms with Crippen molar-refractivity contribution in [1.29, 1.82) is 0 Å². The van der Waals surface area contributed by atoms with Gasteiger partial charge in [0.2, 0.25) is 5.91 Å². The number of aromatic nitrogens is 2. The zero-order valence-electron chi connectivity index (χ0n) is 12.1. The summed E-state index contributed by atoms with van der Waals surface area (Å²) in [4.78, 5) is 21.6. The molecule has 1 aromatic heterocycles. The first-order valence-electron chi connectivity index (χ1n) is 7.13. The third-order valence-corrected chi connectivity index (χ3v) is 4.21. The lowest BCUT2D eigenvalue weighted by atomic mass is 9.92. The Bertz CT molecular complexity index is 737. The van der Waals surface area contributed by atoms with Crippen LogP contribution in [0.5, 0.6) is 0 Å². The number of amides is 1. The van der Waals surface area contributed by atoms with Crippen molar-refractivity contribution in [3.8, 4) is 0 Å². The topological polar surface area (TPSA) is 72.1 Å². The minimum absolute atomic E-state index is 0.127. The molecule has 22 heavy (non-hydrogen) atoms. The van der Waals surface area contributed by atoms with Gasteiger partial charge in [-0.1, -0.05) is 0 Å². The molecule has 2 heterocycles. The van der Waals surface area contributed by atoms with Gasteiger partial charge in [0.15, 0.2) is 11.6 Å². The Labute approximate surface area is 126 Å². The predicted molar refractivity (Wildman–Crippen MR) is 78.2 cm³/mol. The first-order chi connectivity index (χ1) is 10.5. The summed E-state index contributed by atoms with van der Waals surface area (Å²) in [5.74, 6) is -2.01. The number of piperidine rings is 1. The summed E-state index contributed by atoms with van der Waals surface area (Å²) >= 11 is 0. The molecular formula is C15H16F2N4O. The number of primary amides is 1. The van der Waals surface area contributed by atoms with E-state index in [1.807, 2.05) is 11.8 Å². The van der Waals surface area contributed by atoms with Crippen molar-refractivity contribution in [2.45, 2.75) is 25.8 Å². The van der Waals surface area contributed by atoms with Crippen molar-refractivity contribution < 1.29 is 13.6 Å². The average Bonchev–Trinajstić information content (AvgIpc) is 2.48. The van der Waals surface area contributed by atoms with Crippen LogP contribution in [-0.4, -0.2) is 28.5 Å². The van der Waals surface area contributed by atoms with Gasteiger partial charge < -0.3 is 10.6 Å². The molecule has 2 N–H and O–H groups in total. The van der Waals surface area contributed by atoms with Gasteiger partial charge in [-0.05, 0) is 25.8 Å². The fourth-order valence-corrected chi connectivity index (χ4v) is 2.90. The number of hydrogen-bond donors (Lipinski definition) is 1. The summed E-state index contributed by atoms with van der Waals surface area (Å²) in [5.41, 5.74) is 5.73. The van der Waals surface area contributed by atoms with Crippen LogP contribution in [0.1, 0.15) is 19.8 Å². The van der Waals surface area contributed by atoms with Gasteiger partial charge in [-0.15, -0.1) is 0 Å². The zero-order valence-corrected chi connectivity index (χ0v) is 12.1. The molecule has 0 spiro atoms. The van der Waals surface area contributed by atoms with Crippen LogP contribution in [0.15, 0.2) is 18.5 Å². The minimum atomic E-state index is -0.946. The number of anilines is 1. The van der Waals surface area contributed by atoms with E-state index in [2.05, 4.69) is 9.97 Å². The van der Waals surface area contributed by atoms with E-state index in [1.165, 1.54) is 6.33 Å². The highest BCUT2D eigenvalue weighted by atomic mass is 19.2. The molecule has 0 aliphatic carbocycles. The summed E-state index contributed by atoms with van der Waals surface area (Å²) in [6, 6.07) is 2.28. The van der Waals surface area contributed by atoms with Gasteiger partial charge in [0, 0.05) is 24.0 Å². The Balaban J connectivity index is 2.08. The van der Waals surface area contributed by atoms with Gasteiger partial charge in [-0.25, -0.2) is 18.7 Å². The molecule has 1 amide bonds. The highest BCUT2D eigenvalue weighted by Gasteiger charge is 2.30. The number of fused-ring (bicyclic) bond motifs is 1. The van der Waals surface area contributed by atoms with E-state index in [-0.39, 0.29) is 17.9 Å². The number of halogens is 2. The van der Waals surface area contributed by atoms with E-state index in [1.54, 1.807) is 0 Å². The monoisotopic (exact) mass is 306 g/mol. The summed E-state index contributed by atoms with van der Waals surface area (Å²) < 4.78 is 26.9. The van der Waals surface area contributed by atoms with Crippen LogP contribution >= 0.6 is 0 Å². The van der Waals surface area contributed by atoms with Gasteiger partial charge in [-0.3, -0.25) is 4.79 Å². The highest BCUT2D eigenvalue weighted by Crippen LogP contribution is 2.31. The fourth-order valence-electron chi connectivity index (χ4n) is 2.90. The Morgan fingerprint density at radius 2 is 2.00 bits per heavy atom. The molecule has 1 saturated heterocycles. The smallest absolute Gasteiger partial charge is 0.222 e. The van der Waals surface area contributed by atoms with E-state index in [4.69, 9.17) is 5.73 Å². The highest BCUT2D eigenvalue weighted by molar-refractivity contribution is 5.90. The van der Waals surface area contributed by atoms with E-state index < -0.39 is 11.6 Å². The number of hydrogen-bond acceptors (Lipinski definition) is 4. The maximum Gasteiger partial charge on any atom is 0.222 e. The first-order valence-corrected chi connectivity index (χ1v) is 7.13.